The fourth-order valence-corrected chi connectivity index (χ4v) is 3.15. The fourth-order valence-electron chi connectivity index (χ4n) is 3.15. The molecule has 0 amide bonds. The molecule has 2 fully saturated rings. The van der Waals surface area contributed by atoms with Crippen LogP contribution in [0.1, 0.15) is 52.4 Å². The van der Waals surface area contributed by atoms with E-state index in [1.165, 1.54) is 32.1 Å². The molecule has 0 aromatic carbocycles. The van der Waals surface area contributed by atoms with E-state index < -0.39 is 0 Å². The highest BCUT2D eigenvalue weighted by atomic mass is 16.6. The maximum absolute atomic E-state index is 9.66. The quantitative estimate of drug-likeness (QED) is 0.805. The van der Waals surface area contributed by atoms with E-state index in [0.29, 0.717) is 18.6 Å². The molecule has 2 aliphatic carbocycles. The van der Waals surface area contributed by atoms with E-state index >= 15 is 0 Å². The Hall–Kier alpha value is -0.120. The Balaban J connectivity index is 1.83. The van der Waals surface area contributed by atoms with E-state index in [2.05, 4.69) is 6.92 Å². The summed E-state index contributed by atoms with van der Waals surface area (Å²) in [6.45, 7) is 4.88. The monoisotopic (exact) mass is 242 g/mol. The Bertz CT molecular complexity index is 232. The van der Waals surface area contributed by atoms with Gasteiger partial charge in [0.25, 0.3) is 0 Å². The average molecular weight is 242 g/mol. The molecule has 0 saturated heterocycles. The maximum Gasteiger partial charge on any atom is 0.110 e. The summed E-state index contributed by atoms with van der Waals surface area (Å²) >= 11 is 0. The zero-order valence-electron chi connectivity index (χ0n) is 11.1. The molecule has 2 rings (SSSR count). The van der Waals surface area contributed by atoms with Crippen LogP contribution in [-0.2, 0) is 9.47 Å². The first kappa shape index (κ1) is 13.3. The topological polar surface area (TPSA) is 38.7 Å². The Morgan fingerprint density at radius 3 is 2.53 bits per heavy atom. The van der Waals surface area contributed by atoms with Gasteiger partial charge < -0.3 is 14.6 Å². The largest absolute Gasteiger partial charge is 0.390 e. The fraction of sp³-hybridized carbons (Fsp3) is 1.00. The molecule has 0 aliphatic heterocycles. The van der Waals surface area contributed by atoms with Crippen LogP contribution in [0.25, 0.3) is 0 Å². The van der Waals surface area contributed by atoms with Gasteiger partial charge in [0.1, 0.15) is 6.10 Å². The van der Waals surface area contributed by atoms with E-state index in [1.54, 1.807) is 0 Å². The highest BCUT2D eigenvalue weighted by molar-refractivity contribution is 4.93. The average Bonchev–Trinajstić information content (AvgIpc) is 2.36. The third kappa shape index (κ3) is 3.01. The summed E-state index contributed by atoms with van der Waals surface area (Å²) in [6.07, 6.45) is 7.20. The Labute approximate surface area is 104 Å². The number of aliphatic hydroxyl groups is 1. The second kappa shape index (κ2) is 6.17. The molecule has 3 nitrogen and oxygen atoms in total. The van der Waals surface area contributed by atoms with Gasteiger partial charge >= 0.3 is 0 Å². The van der Waals surface area contributed by atoms with Crippen molar-refractivity contribution in [3.8, 4) is 0 Å². The molecule has 1 N–H and O–H groups in total. The lowest BCUT2D eigenvalue weighted by molar-refractivity contribution is -0.215. The van der Waals surface area contributed by atoms with Crippen molar-refractivity contribution in [1.82, 2.24) is 0 Å². The minimum Gasteiger partial charge on any atom is -0.390 e. The van der Waals surface area contributed by atoms with Crippen molar-refractivity contribution in [2.45, 2.75) is 76.8 Å². The second-order valence-electron chi connectivity index (χ2n) is 5.39. The van der Waals surface area contributed by atoms with Crippen LogP contribution in [0.3, 0.4) is 0 Å². The van der Waals surface area contributed by atoms with Gasteiger partial charge in [-0.05, 0) is 25.7 Å². The Morgan fingerprint density at radius 1 is 1.12 bits per heavy atom. The summed E-state index contributed by atoms with van der Waals surface area (Å²) in [6, 6.07) is 0. The van der Waals surface area contributed by atoms with Crippen molar-refractivity contribution in [3.05, 3.63) is 0 Å². The minimum atomic E-state index is -0.316. The van der Waals surface area contributed by atoms with Crippen LogP contribution in [0.15, 0.2) is 0 Å². The van der Waals surface area contributed by atoms with Gasteiger partial charge in [-0.1, -0.05) is 26.2 Å². The molecule has 0 radical (unpaired) electrons. The molecule has 0 spiro atoms. The number of hydrogen-bond acceptors (Lipinski definition) is 3. The zero-order valence-corrected chi connectivity index (χ0v) is 11.1. The van der Waals surface area contributed by atoms with Gasteiger partial charge in [-0.2, -0.15) is 0 Å². The molecule has 5 atom stereocenters. The van der Waals surface area contributed by atoms with Crippen LogP contribution in [-0.4, -0.2) is 36.1 Å². The Kier molecular flexibility index (Phi) is 4.83. The zero-order chi connectivity index (χ0) is 12.3. The van der Waals surface area contributed by atoms with Crippen molar-refractivity contribution < 1.29 is 14.6 Å². The van der Waals surface area contributed by atoms with E-state index in [9.17, 15) is 5.11 Å². The van der Waals surface area contributed by atoms with Gasteiger partial charge in [0, 0.05) is 13.0 Å². The highest BCUT2D eigenvalue weighted by Crippen LogP contribution is 2.35. The number of ether oxygens (including phenoxy) is 2. The molecule has 5 unspecified atom stereocenters. The lowest BCUT2D eigenvalue weighted by atomic mass is 9.83. The van der Waals surface area contributed by atoms with E-state index in [0.717, 1.165) is 6.42 Å². The van der Waals surface area contributed by atoms with Gasteiger partial charge in [0.05, 0.1) is 18.3 Å². The van der Waals surface area contributed by atoms with Gasteiger partial charge in [-0.25, -0.2) is 0 Å². The molecule has 0 bridgehead atoms. The van der Waals surface area contributed by atoms with Crippen molar-refractivity contribution in [2.75, 3.05) is 6.61 Å². The summed E-state index contributed by atoms with van der Waals surface area (Å²) in [5, 5.41) is 9.66. The summed E-state index contributed by atoms with van der Waals surface area (Å²) < 4.78 is 11.7. The predicted molar refractivity (Wildman–Crippen MR) is 66.9 cm³/mol. The second-order valence-corrected chi connectivity index (χ2v) is 5.39. The van der Waals surface area contributed by atoms with Crippen LogP contribution in [0.2, 0.25) is 0 Å². The van der Waals surface area contributed by atoms with Gasteiger partial charge in [-0.15, -0.1) is 0 Å². The highest BCUT2D eigenvalue weighted by Gasteiger charge is 2.43. The molecule has 0 aromatic rings. The molecule has 17 heavy (non-hydrogen) atoms. The number of aliphatic hydroxyl groups excluding tert-OH is 1. The molecule has 0 aromatic heterocycles. The van der Waals surface area contributed by atoms with Crippen LogP contribution >= 0.6 is 0 Å². The molecular weight excluding hydrogens is 216 g/mol. The standard InChI is InChI=1S/C14H26O3/c1-3-10-7-5-6-8-12(10)17-13-9-11(15)14(13)16-4-2/h10-15H,3-9H2,1-2H3. The van der Waals surface area contributed by atoms with Crippen molar-refractivity contribution >= 4 is 0 Å². The van der Waals surface area contributed by atoms with Crippen molar-refractivity contribution in [1.29, 1.82) is 0 Å². The van der Waals surface area contributed by atoms with Crippen LogP contribution in [0.4, 0.5) is 0 Å². The SMILES string of the molecule is CCOC1C(O)CC1OC1CCCCC1CC. The summed E-state index contributed by atoms with van der Waals surface area (Å²) in [5.74, 6) is 0.712. The summed E-state index contributed by atoms with van der Waals surface area (Å²) in [5.41, 5.74) is 0. The third-order valence-electron chi connectivity index (χ3n) is 4.29. The first-order valence-electron chi connectivity index (χ1n) is 7.21. The first-order chi connectivity index (χ1) is 8.26. The maximum atomic E-state index is 9.66. The van der Waals surface area contributed by atoms with Crippen LogP contribution in [0.5, 0.6) is 0 Å². The molecular formula is C14H26O3. The van der Waals surface area contributed by atoms with Crippen molar-refractivity contribution in [3.63, 3.8) is 0 Å². The first-order valence-corrected chi connectivity index (χ1v) is 7.21. The van der Waals surface area contributed by atoms with Crippen LogP contribution in [0, 0.1) is 5.92 Å². The molecule has 100 valence electrons. The lowest BCUT2D eigenvalue weighted by Crippen LogP contribution is -2.55. The van der Waals surface area contributed by atoms with Crippen molar-refractivity contribution in [2.24, 2.45) is 5.92 Å². The molecule has 3 heteroatoms. The van der Waals surface area contributed by atoms with E-state index in [-0.39, 0.29) is 18.3 Å². The van der Waals surface area contributed by atoms with Gasteiger partial charge in [-0.3, -0.25) is 0 Å². The van der Waals surface area contributed by atoms with E-state index in [1.807, 2.05) is 6.92 Å². The predicted octanol–water partition coefficient (Wildman–Crippen LogP) is 2.51. The smallest absolute Gasteiger partial charge is 0.110 e. The summed E-state index contributed by atoms with van der Waals surface area (Å²) in [4.78, 5) is 0. The third-order valence-corrected chi connectivity index (χ3v) is 4.29. The number of hydrogen-bond donors (Lipinski definition) is 1. The minimum absolute atomic E-state index is 0.0839. The van der Waals surface area contributed by atoms with Crippen LogP contribution < -0.4 is 0 Å². The Morgan fingerprint density at radius 2 is 1.88 bits per heavy atom. The summed E-state index contributed by atoms with van der Waals surface area (Å²) in [7, 11) is 0. The molecule has 0 heterocycles. The van der Waals surface area contributed by atoms with E-state index in [4.69, 9.17) is 9.47 Å². The lowest BCUT2D eigenvalue weighted by Gasteiger charge is -2.44. The normalized spacial score (nSPS) is 42.2. The van der Waals surface area contributed by atoms with Gasteiger partial charge in [0.2, 0.25) is 0 Å². The number of rotatable bonds is 5. The molecule has 2 aliphatic rings. The molecule has 2 saturated carbocycles. The van der Waals surface area contributed by atoms with Gasteiger partial charge in [0.15, 0.2) is 0 Å².